The van der Waals surface area contributed by atoms with E-state index in [0.29, 0.717) is 18.2 Å². The Morgan fingerprint density at radius 1 is 0.587 bits per heavy atom. The molecule has 0 saturated heterocycles. The monoisotopic (exact) mass is 670 g/mol. The van der Waals surface area contributed by atoms with Gasteiger partial charge in [0.2, 0.25) is 11.6 Å². The maximum atomic E-state index is 16.3. The van der Waals surface area contributed by atoms with Crippen LogP contribution in [0.25, 0.3) is 22.4 Å². The molecule has 0 radical (unpaired) electrons. The molecule has 0 amide bonds. The quantitative estimate of drug-likeness (QED) is 0.0912. The van der Waals surface area contributed by atoms with Gasteiger partial charge in [-0.25, -0.2) is 57.1 Å². The molecular weight excluding hydrogens is 664 g/mol. The fourth-order valence-corrected chi connectivity index (χ4v) is 5.23. The zero-order valence-corrected chi connectivity index (χ0v) is 21.5. The lowest BCUT2D eigenvalue weighted by molar-refractivity contribution is -0.0661. The van der Waals surface area contributed by atoms with Gasteiger partial charge in [0.1, 0.15) is 17.4 Å². The minimum absolute atomic E-state index is 0.203. The topological polar surface area (TPSA) is 18.5 Å². The number of hydrogen-bond donors (Lipinski definition) is 0. The molecule has 2 aliphatic carbocycles. The molecule has 0 aromatic heterocycles. The Morgan fingerprint density at radius 2 is 1.22 bits per heavy atom. The van der Waals surface area contributed by atoms with Crippen molar-refractivity contribution in [2.45, 2.75) is 11.7 Å². The highest BCUT2D eigenvalue weighted by Gasteiger charge is 2.59. The number of allylic oxidation sites excluding steroid dienone is 1. The summed E-state index contributed by atoms with van der Waals surface area (Å²) in [7, 11) is -3.37. The third-order valence-corrected chi connectivity index (χ3v) is 7.29. The van der Waals surface area contributed by atoms with Gasteiger partial charge in [-0.3, -0.25) is 0 Å². The number of hydrogen-bond acceptors (Lipinski definition) is 2. The smallest absolute Gasteiger partial charge is 0.533 e. The lowest BCUT2D eigenvalue weighted by Gasteiger charge is -2.29. The minimum Gasteiger partial charge on any atom is -0.533 e. The Bertz CT molecular complexity index is 2100. The molecule has 46 heavy (non-hydrogen) atoms. The third-order valence-electron chi connectivity index (χ3n) is 7.29. The van der Waals surface area contributed by atoms with Crippen LogP contribution in [0.2, 0.25) is 0 Å². The molecule has 0 fully saturated rings. The van der Waals surface area contributed by atoms with Crippen molar-refractivity contribution in [3.63, 3.8) is 0 Å². The summed E-state index contributed by atoms with van der Waals surface area (Å²) in [4.78, 5) is 0. The van der Waals surface area contributed by atoms with Crippen LogP contribution in [0.4, 0.5) is 65.9 Å². The second-order valence-corrected chi connectivity index (χ2v) is 9.73. The van der Waals surface area contributed by atoms with E-state index in [-0.39, 0.29) is 6.07 Å². The first kappa shape index (κ1) is 31.4. The highest BCUT2D eigenvalue weighted by Crippen LogP contribution is 2.55. The van der Waals surface area contributed by atoms with E-state index in [1.807, 2.05) is 0 Å². The average Bonchev–Trinajstić information content (AvgIpc) is 3.39. The predicted molar refractivity (Wildman–Crippen MR) is 128 cm³/mol. The third kappa shape index (κ3) is 4.07. The van der Waals surface area contributed by atoms with Crippen LogP contribution in [0.3, 0.4) is 0 Å². The number of halogens is 15. The zero-order chi connectivity index (χ0) is 33.7. The summed E-state index contributed by atoms with van der Waals surface area (Å²) in [6.45, 7) is 0. The maximum absolute atomic E-state index is 16.3. The van der Waals surface area contributed by atoms with Gasteiger partial charge in [-0.15, -0.1) is 0 Å². The molecule has 0 aliphatic heterocycles. The molecule has 0 saturated carbocycles. The Labute approximate surface area is 245 Å². The van der Waals surface area contributed by atoms with Crippen molar-refractivity contribution >= 4 is 29.5 Å². The van der Waals surface area contributed by atoms with Crippen LogP contribution in [0, 0.1) is 58.2 Å². The first-order valence-corrected chi connectivity index (χ1v) is 12.3. The van der Waals surface area contributed by atoms with E-state index in [0.717, 1.165) is 6.07 Å². The van der Waals surface area contributed by atoms with Crippen molar-refractivity contribution in [2.75, 3.05) is 0 Å². The van der Waals surface area contributed by atoms with E-state index in [1.165, 1.54) is 0 Å². The summed E-state index contributed by atoms with van der Waals surface area (Å²) >= 11 is 0. The van der Waals surface area contributed by atoms with Crippen LogP contribution < -0.4 is 4.65 Å². The van der Waals surface area contributed by atoms with Crippen molar-refractivity contribution in [1.82, 2.24) is 0 Å². The van der Waals surface area contributed by atoms with E-state index in [9.17, 15) is 48.3 Å². The first-order chi connectivity index (χ1) is 21.5. The molecule has 2 atom stereocenters. The van der Waals surface area contributed by atoms with Gasteiger partial charge in [0.05, 0.1) is 27.9 Å². The molecule has 2 nitrogen and oxygen atoms in total. The lowest BCUT2D eigenvalue weighted by atomic mass is 9.67. The second kappa shape index (κ2) is 10.5. The van der Waals surface area contributed by atoms with Crippen LogP contribution in [0.15, 0.2) is 42.0 Å². The van der Waals surface area contributed by atoms with Crippen LogP contribution in [-0.4, -0.2) is 7.12 Å². The fraction of sp³-hybridized carbons (Fsp3) is 0.0714. The normalized spacial score (nSPS) is 19.0. The summed E-state index contributed by atoms with van der Waals surface area (Å²) in [5.41, 5.74) is -6.80. The molecular formula is C28H6BF15O2. The van der Waals surface area contributed by atoms with Gasteiger partial charge in [-0.2, -0.15) is 8.78 Å². The number of rotatable bonds is 5. The molecule has 0 spiro atoms. The van der Waals surface area contributed by atoms with Gasteiger partial charge in [0.25, 0.3) is 5.85 Å². The number of fused-ring (bicyclic) bond motifs is 3. The lowest BCUT2D eigenvalue weighted by Crippen LogP contribution is -2.42. The van der Waals surface area contributed by atoms with Crippen molar-refractivity contribution in [2.24, 2.45) is 0 Å². The highest BCUT2D eigenvalue weighted by molar-refractivity contribution is 6.49. The zero-order valence-electron chi connectivity index (χ0n) is 21.5. The highest BCUT2D eigenvalue weighted by atomic mass is 19.2. The van der Waals surface area contributed by atoms with Crippen LogP contribution in [0.5, 0.6) is 5.75 Å². The van der Waals surface area contributed by atoms with Crippen LogP contribution in [-0.2, 0) is 10.5 Å². The molecule has 238 valence electrons. The standard InChI is InChI=1S/C28H6BF15O2/c30-8-3-1-2-6-10(8)16(33)21(38)14(6)29(45-26-7-4-5-9(31)15(32)11(7)17(34)23(40)25(26)42)46-28(44)13-12(19(36)27(28)43)18(35)22(39)24(41)20(13)37/h1-5,14H. The Hall–Kier alpha value is -4.61. The predicted octanol–water partition coefficient (Wildman–Crippen LogP) is 9.50. The molecule has 6 rings (SSSR count). The summed E-state index contributed by atoms with van der Waals surface area (Å²) < 4.78 is 230. The molecule has 18 heteroatoms. The molecule has 4 aromatic carbocycles. The Balaban J connectivity index is 1.62. The number of benzene rings is 4. The van der Waals surface area contributed by atoms with Crippen molar-refractivity contribution in [3.8, 4) is 5.75 Å². The van der Waals surface area contributed by atoms with Gasteiger partial charge in [0.15, 0.2) is 58.2 Å². The van der Waals surface area contributed by atoms with Gasteiger partial charge >= 0.3 is 7.12 Å². The van der Waals surface area contributed by atoms with E-state index < -0.39 is 139 Å². The number of alkyl halides is 1. The van der Waals surface area contributed by atoms with E-state index in [4.69, 9.17) is 4.65 Å². The SMILES string of the molecule is FC1=C(F)C(B(Oc2c(F)c(F)c(F)c3c(F)c(F)ccc23)OC2(F)C(F)=C(F)c3c(F)c(F)c(F)c(F)c32)c2cccc(F)c21. The van der Waals surface area contributed by atoms with Gasteiger partial charge in [0, 0.05) is 5.39 Å². The van der Waals surface area contributed by atoms with Crippen molar-refractivity contribution in [1.29, 1.82) is 0 Å². The average molecular weight is 670 g/mol. The van der Waals surface area contributed by atoms with Gasteiger partial charge in [-0.05, 0) is 23.8 Å². The van der Waals surface area contributed by atoms with Crippen molar-refractivity contribution in [3.05, 3.63) is 122 Å². The molecule has 0 heterocycles. The first-order valence-electron chi connectivity index (χ1n) is 12.3. The van der Waals surface area contributed by atoms with E-state index in [2.05, 4.69) is 4.65 Å². The molecule has 2 unspecified atom stereocenters. The second-order valence-electron chi connectivity index (χ2n) is 9.73. The fourth-order valence-electron chi connectivity index (χ4n) is 5.23. The molecule has 2 aliphatic rings. The Kier molecular flexibility index (Phi) is 7.14. The molecule has 0 N–H and O–H groups in total. The van der Waals surface area contributed by atoms with Crippen LogP contribution >= 0.6 is 0 Å². The van der Waals surface area contributed by atoms with Crippen molar-refractivity contribution < 1.29 is 75.2 Å². The summed E-state index contributed by atoms with van der Waals surface area (Å²) in [6.07, 6.45) is 0. The van der Waals surface area contributed by atoms with E-state index >= 15 is 17.6 Å². The molecule has 4 aromatic rings. The summed E-state index contributed by atoms with van der Waals surface area (Å²) in [6, 6.07) is 2.58. The largest absolute Gasteiger partial charge is 0.543 e. The summed E-state index contributed by atoms with van der Waals surface area (Å²) in [5.74, 6) is -43.7. The Morgan fingerprint density at radius 3 is 1.89 bits per heavy atom. The summed E-state index contributed by atoms with van der Waals surface area (Å²) in [5, 5.41) is -2.95. The molecule has 0 bridgehead atoms. The van der Waals surface area contributed by atoms with Crippen LogP contribution in [0.1, 0.15) is 28.1 Å². The maximum Gasteiger partial charge on any atom is 0.543 e. The van der Waals surface area contributed by atoms with Gasteiger partial charge < -0.3 is 9.31 Å². The minimum atomic E-state index is -5.02. The van der Waals surface area contributed by atoms with Gasteiger partial charge in [-0.1, -0.05) is 12.1 Å². The van der Waals surface area contributed by atoms with E-state index in [1.54, 1.807) is 0 Å².